The minimum atomic E-state index is -0.165. The van der Waals surface area contributed by atoms with Crippen molar-refractivity contribution >= 4 is 17.7 Å². The van der Waals surface area contributed by atoms with Crippen molar-refractivity contribution in [2.45, 2.75) is 24.5 Å². The van der Waals surface area contributed by atoms with Crippen LogP contribution in [0.4, 0.5) is 0 Å². The molecule has 124 valence electrons. The van der Waals surface area contributed by atoms with Crippen LogP contribution in [0.15, 0.2) is 57.7 Å². The Morgan fingerprint density at radius 1 is 1.25 bits per heavy atom. The maximum absolute atomic E-state index is 12.1. The van der Waals surface area contributed by atoms with Crippen LogP contribution in [0.3, 0.4) is 0 Å². The lowest BCUT2D eigenvalue weighted by Gasteiger charge is -2.10. The van der Waals surface area contributed by atoms with Crippen molar-refractivity contribution in [1.29, 1.82) is 0 Å². The van der Waals surface area contributed by atoms with E-state index in [2.05, 4.69) is 15.5 Å². The van der Waals surface area contributed by atoms with Crippen LogP contribution in [0.5, 0.6) is 0 Å². The molecule has 6 nitrogen and oxygen atoms in total. The van der Waals surface area contributed by atoms with Gasteiger partial charge in [0.1, 0.15) is 0 Å². The third-order valence-corrected chi connectivity index (χ3v) is 4.55. The van der Waals surface area contributed by atoms with Crippen molar-refractivity contribution in [3.05, 3.63) is 60.1 Å². The van der Waals surface area contributed by atoms with E-state index in [9.17, 15) is 4.79 Å². The van der Waals surface area contributed by atoms with Crippen LogP contribution >= 0.6 is 11.8 Å². The predicted molar refractivity (Wildman–Crippen MR) is 91.0 cm³/mol. The fourth-order valence-corrected chi connectivity index (χ4v) is 2.88. The van der Waals surface area contributed by atoms with Crippen molar-refractivity contribution in [2.75, 3.05) is 0 Å². The van der Waals surface area contributed by atoms with Gasteiger partial charge in [0.2, 0.25) is 5.91 Å². The smallest absolute Gasteiger partial charge is 0.293 e. The summed E-state index contributed by atoms with van der Waals surface area (Å²) in [6.45, 7) is 2.10. The number of carbonyl (C=O) groups excluding carboxylic acids is 1. The highest BCUT2D eigenvalue weighted by molar-refractivity contribution is 7.99. The SMILES string of the molecule is CC(SCc1ccccc1)C(=O)NCc1noc(-c2ccco2)n1. The van der Waals surface area contributed by atoms with Crippen molar-refractivity contribution < 1.29 is 13.7 Å². The summed E-state index contributed by atoms with van der Waals surface area (Å²) < 4.78 is 10.3. The zero-order valence-corrected chi connectivity index (χ0v) is 14.0. The molecule has 0 spiro atoms. The Bertz CT molecular complexity index is 772. The highest BCUT2D eigenvalue weighted by Crippen LogP contribution is 2.18. The van der Waals surface area contributed by atoms with Gasteiger partial charge in [0.25, 0.3) is 5.89 Å². The van der Waals surface area contributed by atoms with E-state index in [1.54, 1.807) is 23.9 Å². The van der Waals surface area contributed by atoms with Crippen LogP contribution in [0.2, 0.25) is 0 Å². The van der Waals surface area contributed by atoms with Crippen molar-refractivity contribution in [3.63, 3.8) is 0 Å². The van der Waals surface area contributed by atoms with E-state index in [1.807, 2.05) is 37.3 Å². The van der Waals surface area contributed by atoms with E-state index in [0.29, 0.717) is 17.5 Å². The quantitative estimate of drug-likeness (QED) is 0.709. The minimum absolute atomic E-state index is 0.0553. The van der Waals surface area contributed by atoms with Gasteiger partial charge in [0, 0.05) is 5.75 Å². The lowest BCUT2D eigenvalue weighted by Crippen LogP contribution is -2.30. The molecule has 1 unspecified atom stereocenters. The molecule has 0 radical (unpaired) electrons. The predicted octanol–water partition coefficient (Wildman–Crippen LogP) is 3.27. The minimum Gasteiger partial charge on any atom is -0.459 e. The number of hydrogen-bond acceptors (Lipinski definition) is 6. The lowest BCUT2D eigenvalue weighted by atomic mass is 10.2. The number of furan rings is 1. The molecule has 0 fully saturated rings. The van der Waals surface area contributed by atoms with Gasteiger partial charge in [0.05, 0.1) is 18.1 Å². The number of nitrogens with zero attached hydrogens (tertiary/aromatic N) is 2. The third kappa shape index (κ3) is 4.26. The summed E-state index contributed by atoms with van der Waals surface area (Å²) in [7, 11) is 0. The fraction of sp³-hybridized carbons (Fsp3) is 0.235. The first-order valence-corrected chi connectivity index (χ1v) is 8.57. The van der Waals surface area contributed by atoms with Gasteiger partial charge in [-0.2, -0.15) is 4.98 Å². The van der Waals surface area contributed by atoms with Gasteiger partial charge < -0.3 is 14.3 Å². The number of aromatic nitrogens is 2. The Labute approximate surface area is 143 Å². The summed E-state index contributed by atoms with van der Waals surface area (Å²) in [6.07, 6.45) is 1.53. The third-order valence-electron chi connectivity index (χ3n) is 3.33. The maximum atomic E-state index is 12.1. The van der Waals surface area contributed by atoms with Gasteiger partial charge >= 0.3 is 0 Å². The van der Waals surface area contributed by atoms with Gasteiger partial charge in [-0.1, -0.05) is 35.5 Å². The van der Waals surface area contributed by atoms with Gasteiger partial charge in [-0.3, -0.25) is 4.79 Å². The average Bonchev–Trinajstić information content (AvgIpc) is 3.29. The second kappa shape index (κ2) is 7.83. The number of hydrogen-bond donors (Lipinski definition) is 1. The molecule has 2 aromatic heterocycles. The molecule has 0 aliphatic heterocycles. The summed E-state index contributed by atoms with van der Waals surface area (Å²) in [5, 5.41) is 6.48. The second-order valence-corrected chi connectivity index (χ2v) is 6.48. The highest BCUT2D eigenvalue weighted by atomic mass is 32.2. The van der Waals surface area contributed by atoms with E-state index in [1.165, 1.54) is 11.8 Å². The molecule has 7 heteroatoms. The van der Waals surface area contributed by atoms with E-state index in [0.717, 1.165) is 5.75 Å². The summed E-state index contributed by atoms with van der Waals surface area (Å²) >= 11 is 1.58. The molecule has 3 aromatic rings. The van der Waals surface area contributed by atoms with Crippen LogP contribution in [-0.4, -0.2) is 21.3 Å². The Kier molecular flexibility index (Phi) is 5.32. The Hall–Kier alpha value is -2.54. The number of thioether (sulfide) groups is 1. The molecule has 1 N–H and O–H groups in total. The van der Waals surface area contributed by atoms with Gasteiger partial charge in [0.15, 0.2) is 11.6 Å². The summed E-state index contributed by atoms with van der Waals surface area (Å²) in [6, 6.07) is 13.5. The number of carbonyl (C=O) groups is 1. The Morgan fingerprint density at radius 2 is 2.08 bits per heavy atom. The first-order chi connectivity index (χ1) is 11.7. The standard InChI is InChI=1S/C17H17N3O3S/c1-12(24-11-13-6-3-2-4-7-13)16(21)18-10-15-19-17(23-20-15)14-8-5-9-22-14/h2-9,12H,10-11H2,1H3,(H,18,21). The summed E-state index contributed by atoms with van der Waals surface area (Å²) in [5.41, 5.74) is 1.20. The van der Waals surface area contributed by atoms with E-state index >= 15 is 0 Å². The number of benzene rings is 1. The van der Waals surface area contributed by atoms with E-state index in [4.69, 9.17) is 8.94 Å². The molecule has 2 heterocycles. The summed E-state index contributed by atoms with van der Waals surface area (Å²) in [5.74, 6) is 1.96. The number of nitrogens with one attached hydrogen (secondary N) is 1. The molecular formula is C17H17N3O3S. The molecule has 0 aliphatic carbocycles. The van der Waals surface area contributed by atoms with Crippen LogP contribution in [0, 0.1) is 0 Å². The normalized spacial score (nSPS) is 12.0. The lowest BCUT2D eigenvalue weighted by molar-refractivity contribution is -0.120. The topological polar surface area (TPSA) is 81.2 Å². The number of amides is 1. The van der Waals surface area contributed by atoms with Gasteiger partial charge in [-0.15, -0.1) is 11.8 Å². The molecule has 0 saturated carbocycles. The first-order valence-electron chi connectivity index (χ1n) is 7.52. The molecule has 1 amide bonds. The Morgan fingerprint density at radius 3 is 2.83 bits per heavy atom. The highest BCUT2D eigenvalue weighted by Gasteiger charge is 2.15. The molecule has 1 atom stereocenters. The van der Waals surface area contributed by atoms with Crippen molar-refractivity contribution in [1.82, 2.24) is 15.5 Å². The second-order valence-electron chi connectivity index (χ2n) is 5.15. The fourth-order valence-electron chi connectivity index (χ4n) is 2.01. The molecule has 1 aromatic carbocycles. The molecule has 0 aliphatic rings. The first kappa shape index (κ1) is 16.3. The molecule has 0 bridgehead atoms. The van der Waals surface area contributed by atoms with E-state index in [-0.39, 0.29) is 17.7 Å². The van der Waals surface area contributed by atoms with Crippen LogP contribution < -0.4 is 5.32 Å². The summed E-state index contributed by atoms with van der Waals surface area (Å²) in [4.78, 5) is 16.3. The van der Waals surface area contributed by atoms with Gasteiger partial charge in [-0.05, 0) is 24.6 Å². The van der Waals surface area contributed by atoms with Crippen LogP contribution in [-0.2, 0) is 17.1 Å². The van der Waals surface area contributed by atoms with Crippen LogP contribution in [0.1, 0.15) is 18.3 Å². The molecule has 24 heavy (non-hydrogen) atoms. The molecule has 3 rings (SSSR count). The van der Waals surface area contributed by atoms with Crippen LogP contribution in [0.25, 0.3) is 11.7 Å². The Balaban J connectivity index is 1.46. The zero-order valence-electron chi connectivity index (χ0n) is 13.1. The zero-order chi connectivity index (χ0) is 16.8. The van der Waals surface area contributed by atoms with Crippen molar-refractivity contribution in [2.24, 2.45) is 0 Å². The average molecular weight is 343 g/mol. The maximum Gasteiger partial charge on any atom is 0.293 e. The van der Waals surface area contributed by atoms with E-state index < -0.39 is 0 Å². The molecule has 0 saturated heterocycles. The monoisotopic (exact) mass is 343 g/mol. The molecular weight excluding hydrogens is 326 g/mol. The van der Waals surface area contributed by atoms with Crippen molar-refractivity contribution in [3.8, 4) is 11.7 Å². The largest absolute Gasteiger partial charge is 0.459 e. The van der Waals surface area contributed by atoms with Gasteiger partial charge in [-0.25, -0.2) is 0 Å². The number of rotatable bonds is 7.